The maximum absolute atomic E-state index is 12.9. The Morgan fingerprint density at radius 1 is 1.56 bits per heavy atom. The van der Waals surface area contributed by atoms with Crippen molar-refractivity contribution in [2.24, 2.45) is 16.3 Å². The predicted molar refractivity (Wildman–Crippen MR) is 67.8 cm³/mol. The van der Waals surface area contributed by atoms with Crippen LogP contribution in [0.3, 0.4) is 0 Å². The molecule has 2 rings (SSSR count). The van der Waals surface area contributed by atoms with E-state index in [9.17, 15) is 9.18 Å². The molecule has 0 bridgehead atoms. The lowest BCUT2D eigenvalue weighted by Gasteiger charge is -2.14. The molecule has 1 aromatic carbocycles. The minimum Gasteiger partial charge on any atom is -0.409 e. The Morgan fingerprint density at radius 3 is 2.72 bits per heavy atom. The van der Waals surface area contributed by atoms with Crippen molar-refractivity contribution in [3.05, 3.63) is 28.5 Å². The molecule has 4 N–H and O–H groups in total. The van der Waals surface area contributed by atoms with Gasteiger partial charge in [-0.25, -0.2) is 4.39 Å². The Hall–Kier alpha value is -1.63. The highest BCUT2D eigenvalue weighted by Gasteiger charge is 2.54. The topological polar surface area (TPSA) is 87.7 Å². The summed E-state index contributed by atoms with van der Waals surface area (Å²) in [5.41, 5.74) is 5.01. The van der Waals surface area contributed by atoms with Crippen molar-refractivity contribution in [1.82, 2.24) is 0 Å². The largest absolute Gasteiger partial charge is 0.409 e. The number of carbonyl (C=O) groups excluding carboxylic acids is 1. The molecular formula is C11H11BrFN3O2. The van der Waals surface area contributed by atoms with Crippen LogP contribution >= 0.6 is 15.9 Å². The Balaban J connectivity index is 2.18. The summed E-state index contributed by atoms with van der Waals surface area (Å²) >= 11 is 3.15. The summed E-state index contributed by atoms with van der Waals surface area (Å²) in [4.78, 5) is 12.0. The van der Waals surface area contributed by atoms with Crippen molar-refractivity contribution in [2.45, 2.75) is 12.8 Å². The van der Waals surface area contributed by atoms with Crippen LogP contribution in [0.5, 0.6) is 0 Å². The fourth-order valence-corrected chi connectivity index (χ4v) is 2.10. The first-order valence-electron chi connectivity index (χ1n) is 5.24. The Morgan fingerprint density at radius 2 is 2.22 bits per heavy atom. The number of hydrogen-bond acceptors (Lipinski definition) is 3. The summed E-state index contributed by atoms with van der Waals surface area (Å²) in [5, 5.41) is 14.2. The van der Waals surface area contributed by atoms with Gasteiger partial charge < -0.3 is 16.3 Å². The van der Waals surface area contributed by atoms with Gasteiger partial charge in [-0.1, -0.05) is 5.16 Å². The first kappa shape index (κ1) is 12.8. The summed E-state index contributed by atoms with van der Waals surface area (Å²) in [5.74, 6) is -0.860. The molecule has 18 heavy (non-hydrogen) atoms. The van der Waals surface area contributed by atoms with Gasteiger partial charge in [0.2, 0.25) is 5.91 Å². The van der Waals surface area contributed by atoms with E-state index in [0.29, 0.717) is 23.0 Å². The molecule has 1 aliphatic rings. The lowest BCUT2D eigenvalue weighted by atomic mass is 10.1. The van der Waals surface area contributed by atoms with E-state index in [1.165, 1.54) is 18.2 Å². The summed E-state index contributed by atoms with van der Waals surface area (Å²) < 4.78 is 13.3. The van der Waals surface area contributed by atoms with Crippen molar-refractivity contribution in [1.29, 1.82) is 0 Å². The third-order valence-corrected chi connectivity index (χ3v) is 3.62. The average Bonchev–Trinajstić information content (AvgIpc) is 3.13. The van der Waals surface area contributed by atoms with E-state index in [2.05, 4.69) is 26.4 Å². The maximum Gasteiger partial charge on any atom is 0.238 e. The zero-order valence-corrected chi connectivity index (χ0v) is 10.9. The normalized spacial score (nSPS) is 17.3. The highest BCUT2D eigenvalue weighted by molar-refractivity contribution is 9.10. The second kappa shape index (κ2) is 4.56. The molecule has 5 nitrogen and oxygen atoms in total. The number of benzene rings is 1. The van der Waals surface area contributed by atoms with Gasteiger partial charge in [0.25, 0.3) is 0 Å². The summed E-state index contributed by atoms with van der Waals surface area (Å²) in [6.45, 7) is 0. The zero-order chi connectivity index (χ0) is 13.3. The van der Waals surface area contributed by atoms with Gasteiger partial charge in [0.05, 0.1) is 5.69 Å². The number of amides is 1. The van der Waals surface area contributed by atoms with Gasteiger partial charge >= 0.3 is 0 Å². The number of rotatable bonds is 3. The number of carbonyl (C=O) groups is 1. The summed E-state index contributed by atoms with van der Waals surface area (Å²) in [7, 11) is 0. The molecule has 0 aromatic heterocycles. The first-order chi connectivity index (χ1) is 8.49. The molecule has 1 amide bonds. The predicted octanol–water partition coefficient (Wildman–Crippen LogP) is 2.05. The monoisotopic (exact) mass is 315 g/mol. The van der Waals surface area contributed by atoms with Gasteiger partial charge in [-0.3, -0.25) is 4.79 Å². The fraction of sp³-hybridized carbons (Fsp3) is 0.273. The van der Waals surface area contributed by atoms with E-state index >= 15 is 0 Å². The molecule has 0 unspecified atom stereocenters. The number of halogens is 2. The van der Waals surface area contributed by atoms with E-state index in [1.54, 1.807) is 0 Å². The van der Waals surface area contributed by atoms with Crippen LogP contribution in [0, 0.1) is 11.2 Å². The van der Waals surface area contributed by atoms with Gasteiger partial charge in [0.1, 0.15) is 11.2 Å². The maximum atomic E-state index is 12.9. The second-order valence-corrected chi connectivity index (χ2v) is 5.00. The number of amidine groups is 1. The van der Waals surface area contributed by atoms with E-state index in [4.69, 9.17) is 10.9 Å². The van der Waals surface area contributed by atoms with Crippen LogP contribution < -0.4 is 11.1 Å². The molecule has 1 saturated carbocycles. The molecule has 0 radical (unpaired) electrons. The first-order valence-corrected chi connectivity index (χ1v) is 6.03. The van der Waals surface area contributed by atoms with Gasteiger partial charge in [0.15, 0.2) is 5.84 Å². The van der Waals surface area contributed by atoms with Crippen molar-refractivity contribution in [3.63, 3.8) is 0 Å². The van der Waals surface area contributed by atoms with Crippen molar-refractivity contribution < 1.29 is 14.4 Å². The molecule has 0 spiro atoms. The Labute approximate surface area is 111 Å². The highest BCUT2D eigenvalue weighted by Crippen LogP contribution is 2.47. The molecule has 7 heteroatoms. The number of oxime groups is 1. The number of nitrogens with zero attached hydrogens (tertiary/aromatic N) is 1. The molecular weight excluding hydrogens is 305 g/mol. The van der Waals surface area contributed by atoms with Crippen LogP contribution in [0.15, 0.2) is 27.8 Å². The lowest BCUT2D eigenvalue weighted by molar-refractivity contribution is -0.119. The van der Waals surface area contributed by atoms with Crippen LogP contribution in [-0.4, -0.2) is 17.0 Å². The second-order valence-electron chi connectivity index (χ2n) is 4.15. The quantitative estimate of drug-likeness (QED) is 0.345. The van der Waals surface area contributed by atoms with Crippen molar-refractivity contribution >= 4 is 33.4 Å². The van der Waals surface area contributed by atoms with Crippen LogP contribution in [0.2, 0.25) is 0 Å². The molecule has 1 aromatic rings. The molecule has 0 saturated heterocycles. The van der Waals surface area contributed by atoms with E-state index in [1.807, 2.05) is 0 Å². The SMILES string of the molecule is N/C(=N/O)C1(C(=O)Nc2ccc(F)cc2Br)CC1. The molecule has 1 aliphatic carbocycles. The third kappa shape index (κ3) is 2.17. The summed E-state index contributed by atoms with van der Waals surface area (Å²) in [6, 6.07) is 3.93. The molecule has 0 heterocycles. The minimum absolute atomic E-state index is 0.0989. The molecule has 1 fully saturated rings. The molecule has 0 atom stereocenters. The van der Waals surface area contributed by atoms with Gasteiger partial charge in [-0.05, 0) is 47.0 Å². The van der Waals surface area contributed by atoms with Crippen molar-refractivity contribution in [3.8, 4) is 0 Å². The highest BCUT2D eigenvalue weighted by atomic mass is 79.9. The number of nitrogens with one attached hydrogen (secondary N) is 1. The smallest absolute Gasteiger partial charge is 0.238 e. The van der Waals surface area contributed by atoms with E-state index in [-0.39, 0.29) is 11.7 Å². The third-order valence-electron chi connectivity index (χ3n) is 2.96. The van der Waals surface area contributed by atoms with Gasteiger partial charge in [0, 0.05) is 4.47 Å². The minimum atomic E-state index is -0.928. The average molecular weight is 316 g/mol. The van der Waals surface area contributed by atoms with E-state index < -0.39 is 11.2 Å². The van der Waals surface area contributed by atoms with Gasteiger partial charge in [-0.15, -0.1) is 0 Å². The lowest BCUT2D eigenvalue weighted by Crippen LogP contribution is -2.36. The Kier molecular flexibility index (Phi) is 3.25. The molecule has 0 aliphatic heterocycles. The molecule has 96 valence electrons. The van der Waals surface area contributed by atoms with Crippen LogP contribution in [0.4, 0.5) is 10.1 Å². The number of anilines is 1. The van der Waals surface area contributed by atoms with E-state index in [0.717, 1.165) is 0 Å². The van der Waals surface area contributed by atoms with Gasteiger partial charge in [-0.2, -0.15) is 0 Å². The fourth-order valence-electron chi connectivity index (χ4n) is 1.65. The zero-order valence-electron chi connectivity index (χ0n) is 9.28. The van der Waals surface area contributed by atoms with Crippen molar-refractivity contribution in [2.75, 3.05) is 5.32 Å². The number of hydrogen-bond donors (Lipinski definition) is 3. The van der Waals surface area contributed by atoms with Crippen LogP contribution in [0.25, 0.3) is 0 Å². The number of nitrogens with two attached hydrogens (primary N) is 1. The van der Waals surface area contributed by atoms with Crippen LogP contribution in [-0.2, 0) is 4.79 Å². The summed E-state index contributed by atoms with van der Waals surface area (Å²) in [6.07, 6.45) is 1.07. The Bertz CT molecular complexity index is 529. The van der Waals surface area contributed by atoms with Crippen LogP contribution in [0.1, 0.15) is 12.8 Å². The standard InChI is InChI=1S/C11H11BrFN3O2/c12-7-5-6(13)1-2-8(7)15-10(17)11(3-4-11)9(14)16-18/h1-2,5,18H,3-4H2,(H2,14,16)(H,15,17).